The molecule has 2 unspecified atom stereocenters. The highest BCUT2D eigenvalue weighted by atomic mass is 16.2. The number of rotatable bonds is 5. The van der Waals surface area contributed by atoms with E-state index in [1.807, 2.05) is 47.4 Å². The minimum atomic E-state index is -0.181. The normalized spacial score (nSPS) is 19.4. The summed E-state index contributed by atoms with van der Waals surface area (Å²) in [6, 6.07) is 16.8. The van der Waals surface area contributed by atoms with E-state index in [1.165, 1.54) is 0 Å². The SMILES string of the molecule is CC1CC(C)CN(C(=O)c2ccccc2NC(=O)CNc2ccccc2)C1. The number of hydrogen-bond donors (Lipinski definition) is 2. The van der Waals surface area contributed by atoms with E-state index in [2.05, 4.69) is 24.5 Å². The fourth-order valence-electron chi connectivity index (χ4n) is 3.71. The maximum Gasteiger partial charge on any atom is 0.255 e. The van der Waals surface area contributed by atoms with Crippen molar-refractivity contribution in [3.63, 3.8) is 0 Å². The van der Waals surface area contributed by atoms with Crippen LogP contribution >= 0.6 is 0 Å². The molecule has 27 heavy (non-hydrogen) atoms. The van der Waals surface area contributed by atoms with Gasteiger partial charge in [0.2, 0.25) is 5.91 Å². The van der Waals surface area contributed by atoms with Gasteiger partial charge in [-0.2, -0.15) is 0 Å². The van der Waals surface area contributed by atoms with Gasteiger partial charge in [-0.05, 0) is 42.5 Å². The fraction of sp³-hybridized carbons (Fsp3) is 0.364. The molecule has 1 heterocycles. The second-order valence-corrected chi connectivity index (χ2v) is 7.47. The Kier molecular flexibility index (Phi) is 6.12. The Bertz CT molecular complexity index is 781. The largest absolute Gasteiger partial charge is 0.376 e. The van der Waals surface area contributed by atoms with E-state index >= 15 is 0 Å². The number of piperidine rings is 1. The minimum Gasteiger partial charge on any atom is -0.376 e. The molecule has 0 aromatic heterocycles. The molecule has 3 rings (SSSR count). The summed E-state index contributed by atoms with van der Waals surface area (Å²) in [5.41, 5.74) is 1.99. The van der Waals surface area contributed by atoms with Gasteiger partial charge in [0.05, 0.1) is 17.8 Å². The first-order chi connectivity index (χ1) is 13.0. The van der Waals surface area contributed by atoms with Crippen molar-refractivity contribution in [1.82, 2.24) is 4.90 Å². The van der Waals surface area contributed by atoms with Crippen molar-refractivity contribution in [3.8, 4) is 0 Å². The maximum atomic E-state index is 13.0. The molecule has 0 radical (unpaired) electrons. The van der Waals surface area contributed by atoms with Crippen LogP contribution in [-0.4, -0.2) is 36.3 Å². The van der Waals surface area contributed by atoms with Gasteiger partial charge >= 0.3 is 0 Å². The van der Waals surface area contributed by atoms with Crippen molar-refractivity contribution in [2.75, 3.05) is 30.3 Å². The van der Waals surface area contributed by atoms with Crippen molar-refractivity contribution in [1.29, 1.82) is 0 Å². The van der Waals surface area contributed by atoms with E-state index in [0.29, 0.717) is 23.1 Å². The van der Waals surface area contributed by atoms with E-state index in [-0.39, 0.29) is 18.4 Å². The Balaban J connectivity index is 1.66. The number of amides is 2. The van der Waals surface area contributed by atoms with Crippen LogP contribution < -0.4 is 10.6 Å². The number of benzene rings is 2. The predicted octanol–water partition coefficient (Wildman–Crippen LogP) is 3.86. The Morgan fingerprint density at radius 1 is 0.963 bits per heavy atom. The second kappa shape index (κ2) is 8.71. The van der Waals surface area contributed by atoms with Gasteiger partial charge in [-0.25, -0.2) is 0 Å². The average Bonchev–Trinajstić information content (AvgIpc) is 2.66. The van der Waals surface area contributed by atoms with Crippen LogP contribution in [0, 0.1) is 11.8 Å². The number of nitrogens with one attached hydrogen (secondary N) is 2. The van der Waals surface area contributed by atoms with Crippen molar-refractivity contribution < 1.29 is 9.59 Å². The maximum absolute atomic E-state index is 13.0. The first-order valence-corrected chi connectivity index (χ1v) is 9.50. The lowest BCUT2D eigenvalue weighted by Crippen LogP contribution is -2.42. The molecule has 2 atom stereocenters. The number of hydrogen-bond acceptors (Lipinski definition) is 3. The number of nitrogens with zero attached hydrogens (tertiary/aromatic N) is 1. The molecule has 2 amide bonds. The highest BCUT2D eigenvalue weighted by Gasteiger charge is 2.27. The molecule has 2 N–H and O–H groups in total. The minimum absolute atomic E-state index is 0.0136. The second-order valence-electron chi connectivity index (χ2n) is 7.47. The Morgan fingerprint density at radius 3 is 2.30 bits per heavy atom. The Morgan fingerprint density at radius 2 is 1.59 bits per heavy atom. The molecule has 5 nitrogen and oxygen atoms in total. The monoisotopic (exact) mass is 365 g/mol. The third kappa shape index (κ3) is 5.09. The summed E-state index contributed by atoms with van der Waals surface area (Å²) in [7, 11) is 0. The van der Waals surface area contributed by atoms with Crippen LogP contribution in [0.4, 0.5) is 11.4 Å². The van der Waals surface area contributed by atoms with Gasteiger partial charge in [0.25, 0.3) is 5.91 Å². The Hall–Kier alpha value is -2.82. The molecule has 1 aliphatic rings. The fourth-order valence-corrected chi connectivity index (χ4v) is 3.71. The molecule has 1 saturated heterocycles. The van der Waals surface area contributed by atoms with Crippen LogP contribution in [0.1, 0.15) is 30.6 Å². The van der Waals surface area contributed by atoms with E-state index in [4.69, 9.17) is 0 Å². The third-order valence-corrected chi connectivity index (χ3v) is 4.81. The number of carbonyl (C=O) groups is 2. The van der Waals surface area contributed by atoms with E-state index < -0.39 is 0 Å². The molecule has 0 bridgehead atoms. The summed E-state index contributed by atoms with van der Waals surface area (Å²) in [4.78, 5) is 27.3. The first-order valence-electron chi connectivity index (χ1n) is 9.50. The van der Waals surface area contributed by atoms with Gasteiger partial charge in [0, 0.05) is 18.8 Å². The lowest BCUT2D eigenvalue weighted by Gasteiger charge is -2.35. The van der Waals surface area contributed by atoms with Crippen molar-refractivity contribution in [2.24, 2.45) is 11.8 Å². The van der Waals surface area contributed by atoms with Gasteiger partial charge in [0.1, 0.15) is 0 Å². The van der Waals surface area contributed by atoms with Crippen LogP contribution in [0.15, 0.2) is 54.6 Å². The number of carbonyl (C=O) groups excluding carboxylic acids is 2. The number of para-hydroxylation sites is 2. The Labute approximate surface area is 160 Å². The van der Waals surface area contributed by atoms with Crippen molar-refractivity contribution in [3.05, 3.63) is 60.2 Å². The molecule has 2 aromatic carbocycles. The van der Waals surface area contributed by atoms with Crippen LogP contribution in [0.25, 0.3) is 0 Å². The molecule has 1 fully saturated rings. The van der Waals surface area contributed by atoms with Gasteiger partial charge in [0.15, 0.2) is 0 Å². The van der Waals surface area contributed by atoms with Gasteiger partial charge in [-0.3, -0.25) is 9.59 Å². The topological polar surface area (TPSA) is 61.4 Å². The molecular formula is C22H27N3O2. The number of likely N-dealkylation sites (tertiary alicyclic amines) is 1. The zero-order chi connectivity index (χ0) is 19.2. The zero-order valence-electron chi connectivity index (χ0n) is 15.9. The van der Waals surface area contributed by atoms with Crippen LogP contribution in [0.2, 0.25) is 0 Å². The van der Waals surface area contributed by atoms with Crippen molar-refractivity contribution in [2.45, 2.75) is 20.3 Å². The lowest BCUT2D eigenvalue weighted by molar-refractivity contribution is -0.114. The summed E-state index contributed by atoms with van der Waals surface area (Å²) < 4.78 is 0. The summed E-state index contributed by atoms with van der Waals surface area (Å²) in [6.07, 6.45) is 1.15. The molecule has 5 heteroatoms. The first kappa shape index (κ1) is 19.0. The standard InChI is InChI=1S/C22H27N3O2/c1-16-12-17(2)15-25(14-16)22(27)19-10-6-7-11-20(19)24-21(26)13-23-18-8-4-3-5-9-18/h3-11,16-17,23H,12-15H2,1-2H3,(H,24,26). The van der Waals surface area contributed by atoms with Gasteiger partial charge < -0.3 is 15.5 Å². The van der Waals surface area contributed by atoms with Gasteiger partial charge in [-0.15, -0.1) is 0 Å². The molecular weight excluding hydrogens is 338 g/mol. The molecule has 2 aromatic rings. The smallest absolute Gasteiger partial charge is 0.255 e. The van der Waals surface area contributed by atoms with Gasteiger partial charge in [-0.1, -0.05) is 44.2 Å². The van der Waals surface area contributed by atoms with Crippen molar-refractivity contribution >= 4 is 23.2 Å². The van der Waals surface area contributed by atoms with Crippen LogP contribution in [0.5, 0.6) is 0 Å². The van der Waals surface area contributed by atoms with E-state index in [0.717, 1.165) is 25.2 Å². The lowest BCUT2D eigenvalue weighted by atomic mass is 9.91. The molecule has 0 aliphatic carbocycles. The average molecular weight is 365 g/mol. The molecule has 0 spiro atoms. The summed E-state index contributed by atoms with van der Waals surface area (Å²) >= 11 is 0. The molecule has 1 aliphatic heterocycles. The number of anilines is 2. The quantitative estimate of drug-likeness (QED) is 0.846. The summed E-state index contributed by atoms with van der Waals surface area (Å²) in [6.45, 7) is 6.03. The van der Waals surface area contributed by atoms with E-state index in [1.54, 1.807) is 12.1 Å². The molecule has 142 valence electrons. The highest BCUT2D eigenvalue weighted by Crippen LogP contribution is 2.25. The van der Waals surface area contributed by atoms with Crippen LogP contribution in [0.3, 0.4) is 0 Å². The third-order valence-electron chi connectivity index (χ3n) is 4.81. The summed E-state index contributed by atoms with van der Waals surface area (Å²) in [5.74, 6) is 0.795. The van der Waals surface area contributed by atoms with Crippen LogP contribution in [-0.2, 0) is 4.79 Å². The zero-order valence-corrected chi connectivity index (χ0v) is 15.9. The summed E-state index contributed by atoms with van der Waals surface area (Å²) in [5, 5.41) is 5.96. The highest BCUT2D eigenvalue weighted by molar-refractivity contribution is 6.04. The molecule has 0 saturated carbocycles. The predicted molar refractivity (Wildman–Crippen MR) is 109 cm³/mol. The van der Waals surface area contributed by atoms with E-state index in [9.17, 15) is 9.59 Å².